The highest BCUT2D eigenvalue weighted by molar-refractivity contribution is 6.30. The van der Waals surface area contributed by atoms with Crippen LogP contribution >= 0.6 is 11.6 Å². The standard InChI is InChI=1S/C13H18ClNO/c1-3-16-13-5-4-10(14)8-12(13)15-11-6-9(2)7-11/h4-5,8-9,11,15H,3,6-7H2,1-2H3. The van der Waals surface area contributed by atoms with Gasteiger partial charge in [-0.25, -0.2) is 0 Å². The lowest BCUT2D eigenvalue weighted by Crippen LogP contribution is -2.33. The lowest BCUT2D eigenvalue weighted by atomic mass is 9.82. The molecule has 2 nitrogen and oxygen atoms in total. The maximum absolute atomic E-state index is 5.99. The van der Waals surface area contributed by atoms with Crippen molar-refractivity contribution in [1.29, 1.82) is 0 Å². The van der Waals surface area contributed by atoms with E-state index in [4.69, 9.17) is 16.3 Å². The Kier molecular flexibility index (Phi) is 3.59. The summed E-state index contributed by atoms with van der Waals surface area (Å²) in [5, 5.41) is 4.24. The van der Waals surface area contributed by atoms with Crippen LogP contribution in [0.25, 0.3) is 0 Å². The topological polar surface area (TPSA) is 21.3 Å². The minimum atomic E-state index is 0.577. The van der Waals surface area contributed by atoms with E-state index >= 15 is 0 Å². The molecule has 0 saturated heterocycles. The number of anilines is 1. The summed E-state index contributed by atoms with van der Waals surface area (Å²) >= 11 is 5.99. The highest BCUT2D eigenvalue weighted by atomic mass is 35.5. The minimum Gasteiger partial charge on any atom is -0.492 e. The molecule has 16 heavy (non-hydrogen) atoms. The van der Waals surface area contributed by atoms with Gasteiger partial charge in [-0.05, 0) is 43.9 Å². The van der Waals surface area contributed by atoms with Crippen molar-refractivity contribution >= 4 is 17.3 Å². The van der Waals surface area contributed by atoms with Crippen LogP contribution in [0.3, 0.4) is 0 Å². The van der Waals surface area contributed by atoms with Crippen molar-refractivity contribution in [1.82, 2.24) is 0 Å². The predicted octanol–water partition coefficient (Wildman–Crippen LogP) is 3.95. The average Bonchev–Trinajstić information content (AvgIpc) is 2.20. The number of ether oxygens (including phenoxy) is 1. The number of hydrogen-bond acceptors (Lipinski definition) is 2. The second-order valence-electron chi connectivity index (χ2n) is 4.49. The van der Waals surface area contributed by atoms with Crippen LogP contribution in [0.5, 0.6) is 5.75 Å². The van der Waals surface area contributed by atoms with Crippen LogP contribution < -0.4 is 10.1 Å². The van der Waals surface area contributed by atoms with Gasteiger partial charge in [0.05, 0.1) is 12.3 Å². The summed E-state index contributed by atoms with van der Waals surface area (Å²) in [7, 11) is 0. The summed E-state index contributed by atoms with van der Waals surface area (Å²) in [6.07, 6.45) is 2.47. The number of hydrogen-bond donors (Lipinski definition) is 1. The van der Waals surface area contributed by atoms with Crippen molar-refractivity contribution < 1.29 is 4.74 Å². The van der Waals surface area contributed by atoms with E-state index in [1.807, 2.05) is 25.1 Å². The molecule has 0 atom stereocenters. The highest BCUT2D eigenvalue weighted by Crippen LogP contribution is 2.34. The van der Waals surface area contributed by atoms with Crippen molar-refractivity contribution in [2.75, 3.05) is 11.9 Å². The highest BCUT2D eigenvalue weighted by Gasteiger charge is 2.25. The van der Waals surface area contributed by atoms with E-state index in [1.54, 1.807) is 0 Å². The Morgan fingerprint density at radius 2 is 2.19 bits per heavy atom. The Morgan fingerprint density at radius 1 is 1.44 bits per heavy atom. The lowest BCUT2D eigenvalue weighted by Gasteiger charge is -2.34. The molecule has 1 aliphatic carbocycles. The molecule has 88 valence electrons. The molecule has 0 heterocycles. The molecule has 0 aliphatic heterocycles. The molecular formula is C13H18ClNO. The van der Waals surface area contributed by atoms with Gasteiger partial charge in [-0.1, -0.05) is 18.5 Å². The molecule has 0 radical (unpaired) electrons. The van der Waals surface area contributed by atoms with E-state index < -0.39 is 0 Å². The Labute approximate surface area is 102 Å². The fourth-order valence-electron chi connectivity index (χ4n) is 2.14. The SMILES string of the molecule is CCOc1ccc(Cl)cc1NC1CC(C)C1. The number of rotatable bonds is 4. The first-order valence-electron chi connectivity index (χ1n) is 5.88. The van der Waals surface area contributed by atoms with Crippen LogP contribution in [-0.2, 0) is 0 Å². The van der Waals surface area contributed by atoms with Crippen molar-refractivity contribution in [3.05, 3.63) is 23.2 Å². The molecule has 1 aliphatic rings. The summed E-state index contributed by atoms with van der Waals surface area (Å²) in [6, 6.07) is 6.31. The average molecular weight is 240 g/mol. The zero-order valence-electron chi connectivity index (χ0n) is 9.79. The third-order valence-electron chi connectivity index (χ3n) is 2.97. The van der Waals surface area contributed by atoms with Crippen molar-refractivity contribution in [2.24, 2.45) is 5.92 Å². The molecule has 0 amide bonds. The smallest absolute Gasteiger partial charge is 0.142 e. The summed E-state index contributed by atoms with van der Waals surface area (Å²) in [6.45, 7) is 4.95. The number of halogens is 1. The zero-order chi connectivity index (χ0) is 11.5. The second-order valence-corrected chi connectivity index (χ2v) is 4.93. The largest absolute Gasteiger partial charge is 0.492 e. The molecular weight excluding hydrogens is 222 g/mol. The van der Waals surface area contributed by atoms with Crippen LogP contribution in [0.4, 0.5) is 5.69 Å². The van der Waals surface area contributed by atoms with E-state index in [0.717, 1.165) is 22.4 Å². The molecule has 0 spiro atoms. The van der Waals surface area contributed by atoms with Crippen molar-refractivity contribution in [3.63, 3.8) is 0 Å². The lowest BCUT2D eigenvalue weighted by molar-refractivity contribution is 0.305. The fraction of sp³-hybridized carbons (Fsp3) is 0.538. The Balaban J connectivity index is 2.07. The van der Waals surface area contributed by atoms with Gasteiger partial charge in [-0.15, -0.1) is 0 Å². The first-order valence-corrected chi connectivity index (χ1v) is 6.25. The molecule has 0 bridgehead atoms. The molecule has 1 fully saturated rings. The van der Waals surface area contributed by atoms with Gasteiger partial charge in [0, 0.05) is 11.1 Å². The van der Waals surface area contributed by atoms with Crippen LogP contribution in [0, 0.1) is 5.92 Å². The van der Waals surface area contributed by atoms with Gasteiger partial charge in [0.15, 0.2) is 0 Å². The molecule has 1 N–H and O–H groups in total. The maximum atomic E-state index is 5.99. The van der Waals surface area contributed by atoms with E-state index in [2.05, 4.69) is 12.2 Å². The molecule has 1 saturated carbocycles. The molecule has 3 heteroatoms. The van der Waals surface area contributed by atoms with Gasteiger partial charge >= 0.3 is 0 Å². The van der Waals surface area contributed by atoms with E-state index in [-0.39, 0.29) is 0 Å². The van der Waals surface area contributed by atoms with E-state index in [1.165, 1.54) is 12.8 Å². The summed E-state index contributed by atoms with van der Waals surface area (Å²) in [5.74, 6) is 1.73. The Hall–Kier alpha value is -0.890. The Morgan fingerprint density at radius 3 is 2.81 bits per heavy atom. The van der Waals surface area contributed by atoms with Crippen LogP contribution in [0.15, 0.2) is 18.2 Å². The quantitative estimate of drug-likeness (QED) is 0.859. The van der Waals surface area contributed by atoms with Gasteiger partial charge in [0.2, 0.25) is 0 Å². The molecule has 0 unspecified atom stereocenters. The van der Waals surface area contributed by atoms with Crippen molar-refractivity contribution in [2.45, 2.75) is 32.7 Å². The molecule has 1 aromatic carbocycles. The van der Waals surface area contributed by atoms with Gasteiger partial charge in [-0.2, -0.15) is 0 Å². The van der Waals surface area contributed by atoms with Crippen LogP contribution in [0.1, 0.15) is 26.7 Å². The van der Waals surface area contributed by atoms with Crippen LogP contribution in [-0.4, -0.2) is 12.6 Å². The van der Waals surface area contributed by atoms with Crippen LogP contribution in [0.2, 0.25) is 5.02 Å². The summed E-state index contributed by atoms with van der Waals surface area (Å²) in [5.41, 5.74) is 1.02. The first kappa shape index (κ1) is 11.6. The first-order chi connectivity index (χ1) is 7.69. The Bertz CT molecular complexity index is 361. The maximum Gasteiger partial charge on any atom is 0.142 e. The monoisotopic (exact) mass is 239 g/mol. The molecule has 0 aromatic heterocycles. The summed E-state index contributed by atoms with van der Waals surface area (Å²) < 4.78 is 5.57. The second kappa shape index (κ2) is 4.96. The zero-order valence-corrected chi connectivity index (χ0v) is 10.6. The summed E-state index contributed by atoms with van der Waals surface area (Å²) in [4.78, 5) is 0. The molecule has 1 aromatic rings. The third kappa shape index (κ3) is 2.62. The molecule has 2 rings (SSSR count). The van der Waals surface area contributed by atoms with E-state index in [0.29, 0.717) is 12.6 Å². The number of benzene rings is 1. The van der Waals surface area contributed by atoms with Gasteiger partial charge in [-0.3, -0.25) is 0 Å². The fourth-order valence-corrected chi connectivity index (χ4v) is 2.31. The van der Waals surface area contributed by atoms with E-state index in [9.17, 15) is 0 Å². The normalized spacial score (nSPS) is 23.7. The van der Waals surface area contributed by atoms with Gasteiger partial charge in [0.25, 0.3) is 0 Å². The van der Waals surface area contributed by atoms with Gasteiger partial charge in [0.1, 0.15) is 5.75 Å². The van der Waals surface area contributed by atoms with Crippen molar-refractivity contribution in [3.8, 4) is 5.75 Å². The minimum absolute atomic E-state index is 0.577. The van der Waals surface area contributed by atoms with Gasteiger partial charge < -0.3 is 10.1 Å². The third-order valence-corrected chi connectivity index (χ3v) is 3.21. The number of nitrogens with one attached hydrogen (secondary N) is 1. The predicted molar refractivity (Wildman–Crippen MR) is 68.4 cm³/mol.